The summed E-state index contributed by atoms with van der Waals surface area (Å²) >= 11 is 2.03. The van der Waals surface area contributed by atoms with Gasteiger partial charge in [-0.3, -0.25) is 0 Å². The van der Waals surface area contributed by atoms with Crippen LogP contribution in [0.3, 0.4) is 0 Å². The Morgan fingerprint density at radius 2 is 1.86 bits per heavy atom. The van der Waals surface area contributed by atoms with Crippen molar-refractivity contribution in [1.29, 1.82) is 0 Å². The zero-order chi connectivity index (χ0) is 14.8. The zero-order valence-electron chi connectivity index (χ0n) is 10.8. The maximum atomic E-state index is 13.1. The summed E-state index contributed by atoms with van der Waals surface area (Å²) in [4.78, 5) is 0. The van der Waals surface area contributed by atoms with Crippen molar-refractivity contribution < 1.29 is 8.81 Å². The summed E-state index contributed by atoms with van der Waals surface area (Å²) in [6, 6.07) is 13.4. The number of nitrogens with zero attached hydrogens (tertiary/aromatic N) is 2. The lowest BCUT2D eigenvalue weighted by atomic mass is 10.1. The summed E-state index contributed by atoms with van der Waals surface area (Å²) in [5, 5.41) is 7.99. The minimum atomic E-state index is -0.481. The molecule has 2 aromatic carbocycles. The molecule has 1 atom stereocenters. The smallest absolute Gasteiger partial charge is 0.248 e. The molecule has 0 bridgehead atoms. The second-order valence-electron chi connectivity index (χ2n) is 4.46. The second-order valence-corrected chi connectivity index (χ2v) is 5.62. The van der Waals surface area contributed by atoms with Gasteiger partial charge in [0.15, 0.2) is 0 Å². The Hall–Kier alpha value is -1.80. The molecule has 0 spiro atoms. The van der Waals surface area contributed by atoms with Gasteiger partial charge in [0, 0.05) is 3.57 Å². The number of halogens is 2. The molecule has 0 radical (unpaired) electrons. The van der Waals surface area contributed by atoms with Gasteiger partial charge >= 0.3 is 0 Å². The van der Waals surface area contributed by atoms with Gasteiger partial charge in [-0.2, -0.15) is 0 Å². The highest BCUT2D eigenvalue weighted by Crippen LogP contribution is 2.27. The number of rotatable bonds is 3. The van der Waals surface area contributed by atoms with E-state index in [1.165, 1.54) is 12.1 Å². The van der Waals surface area contributed by atoms with E-state index in [9.17, 15) is 4.39 Å². The van der Waals surface area contributed by atoms with Crippen LogP contribution in [0.15, 0.2) is 52.9 Å². The Balaban J connectivity index is 1.93. The van der Waals surface area contributed by atoms with Crippen LogP contribution in [-0.2, 0) is 0 Å². The largest absolute Gasteiger partial charge is 0.419 e. The lowest BCUT2D eigenvalue weighted by molar-refractivity contribution is 0.484. The van der Waals surface area contributed by atoms with E-state index >= 15 is 0 Å². The summed E-state index contributed by atoms with van der Waals surface area (Å²) in [7, 11) is 0. The third-order valence-electron chi connectivity index (χ3n) is 3.03. The van der Waals surface area contributed by atoms with Crippen molar-refractivity contribution in [3.63, 3.8) is 0 Å². The molecule has 1 unspecified atom stereocenters. The number of aromatic nitrogens is 2. The van der Waals surface area contributed by atoms with Crippen LogP contribution in [0.1, 0.15) is 17.5 Å². The van der Waals surface area contributed by atoms with Gasteiger partial charge in [-0.25, -0.2) is 4.39 Å². The number of nitrogens with two attached hydrogens (primary N) is 1. The number of hydrogen-bond acceptors (Lipinski definition) is 4. The molecule has 3 rings (SSSR count). The Morgan fingerprint density at radius 1 is 1.10 bits per heavy atom. The first kappa shape index (κ1) is 14.2. The maximum Gasteiger partial charge on any atom is 0.248 e. The monoisotopic (exact) mass is 395 g/mol. The quantitative estimate of drug-likeness (QED) is 0.690. The topological polar surface area (TPSA) is 64.9 Å². The summed E-state index contributed by atoms with van der Waals surface area (Å²) in [5.41, 5.74) is 7.69. The summed E-state index contributed by atoms with van der Waals surface area (Å²) in [6.45, 7) is 0. The Labute approximate surface area is 134 Å². The Bertz CT molecular complexity index is 761. The van der Waals surface area contributed by atoms with E-state index in [2.05, 4.69) is 10.2 Å². The molecule has 21 heavy (non-hydrogen) atoms. The summed E-state index contributed by atoms with van der Waals surface area (Å²) in [6.07, 6.45) is 0. The standard InChI is InChI=1S/C15H11FIN3O/c16-10-6-7-11(12(17)8-10)14-19-20-15(21-14)13(18)9-4-2-1-3-5-9/h1-8,13H,18H2. The minimum Gasteiger partial charge on any atom is -0.419 e. The van der Waals surface area contributed by atoms with Crippen molar-refractivity contribution in [1.82, 2.24) is 10.2 Å². The molecule has 1 aromatic heterocycles. The first-order chi connectivity index (χ1) is 10.1. The van der Waals surface area contributed by atoms with E-state index in [1.807, 2.05) is 52.9 Å². The van der Waals surface area contributed by atoms with Crippen LogP contribution < -0.4 is 5.73 Å². The van der Waals surface area contributed by atoms with E-state index in [4.69, 9.17) is 10.2 Å². The van der Waals surface area contributed by atoms with E-state index in [1.54, 1.807) is 6.07 Å². The Kier molecular flexibility index (Phi) is 3.98. The van der Waals surface area contributed by atoms with Crippen molar-refractivity contribution in [3.05, 3.63) is 69.4 Å². The fourth-order valence-corrected chi connectivity index (χ4v) is 2.64. The van der Waals surface area contributed by atoms with Crippen molar-refractivity contribution in [3.8, 4) is 11.5 Å². The predicted molar refractivity (Wildman–Crippen MR) is 84.9 cm³/mol. The van der Waals surface area contributed by atoms with Crippen LogP contribution in [-0.4, -0.2) is 10.2 Å². The summed E-state index contributed by atoms with van der Waals surface area (Å²) < 4.78 is 19.5. The molecule has 0 saturated carbocycles. The van der Waals surface area contributed by atoms with Gasteiger partial charge in [0.05, 0.1) is 5.56 Å². The van der Waals surface area contributed by atoms with Gasteiger partial charge in [0.1, 0.15) is 11.9 Å². The molecule has 6 heteroatoms. The molecule has 4 nitrogen and oxygen atoms in total. The van der Waals surface area contributed by atoms with Crippen LogP contribution in [0.2, 0.25) is 0 Å². The molecular weight excluding hydrogens is 384 g/mol. The molecule has 0 aliphatic carbocycles. The number of hydrogen-bond donors (Lipinski definition) is 1. The lowest BCUT2D eigenvalue weighted by Gasteiger charge is -2.06. The average Bonchev–Trinajstić information content (AvgIpc) is 2.97. The van der Waals surface area contributed by atoms with E-state index < -0.39 is 6.04 Å². The first-order valence-electron chi connectivity index (χ1n) is 6.24. The van der Waals surface area contributed by atoms with Gasteiger partial charge in [-0.15, -0.1) is 10.2 Å². The van der Waals surface area contributed by atoms with Crippen molar-refractivity contribution in [2.75, 3.05) is 0 Å². The van der Waals surface area contributed by atoms with Crippen molar-refractivity contribution in [2.45, 2.75) is 6.04 Å². The van der Waals surface area contributed by atoms with Gasteiger partial charge in [0.25, 0.3) is 0 Å². The third kappa shape index (κ3) is 2.96. The first-order valence-corrected chi connectivity index (χ1v) is 7.32. The van der Waals surface area contributed by atoms with Crippen molar-refractivity contribution >= 4 is 22.6 Å². The van der Waals surface area contributed by atoms with E-state index in [-0.39, 0.29) is 5.82 Å². The molecule has 0 saturated heterocycles. The van der Waals surface area contributed by atoms with Gasteiger partial charge < -0.3 is 10.2 Å². The van der Waals surface area contributed by atoms with Gasteiger partial charge in [0.2, 0.25) is 11.8 Å². The van der Waals surface area contributed by atoms with Gasteiger partial charge in [-0.1, -0.05) is 30.3 Å². The van der Waals surface area contributed by atoms with Crippen LogP contribution in [0.25, 0.3) is 11.5 Å². The highest BCUT2D eigenvalue weighted by atomic mass is 127. The van der Waals surface area contributed by atoms with Crippen LogP contribution in [0.4, 0.5) is 4.39 Å². The third-order valence-corrected chi connectivity index (χ3v) is 3.92. The van der Waals surface area contributed by atoms with Crippen LogP contribution in [0, 0.1) is 9.39 Å². The fraction of sp³-hybridized carbons (Fsp3) is 0.0667. The fourth-order valence-electron chi connectivity index (χ4n) is 1.93. The second kappa shape index (κ2) is 5.90. The molecule has 106 valence electrons. The molecule has 0 aliphatic rings. The van der Waals surface area contributed by atoms with Crippen LogP contribution in [0.5, 0.6) is 0 Å². The molecule has 3 aromatic rings. The highest BCUT2D eigenvalue weighted by Gasteiger charge is 2.18. The van der Waals surface area contributed by atoms with Crippen LogP contribution >= 0.6 is 22.6 Å². The van der Waals surface area contributed by atoms with Crippen molar-refractivity contribution in [2.24, 2.45) is 5.73 Å². The SMILES string of the molecule is NC(c1ccccc1)c1nnc(-c2ccc(F)cc2I)o1. The predicted octanol–water partition coefficient (Wildman–Crippen LogP) is 3.53. The summed E-state index contributed by atoms with van der Waals surface area (Å²) in [5.74, 6) is 0.362. The maximum absolute atomic E-state index is 13.1. The van der Waals surface area contributed by atoms with Gasteiger partial charge in [-0.05, 0) is 46.4 Å². The zero-order valence-corrected chi connectivity index (χ0v) is 13.0. The molecule has 0 aliphatic heterocycles. The highest BCUT2D eigenvalue weighted by molar-refractivity contribution is 14.1. The molecule has 0 fully saturated rings. The lowest BCUT2D eigenvalue weighted by Crippen LogP contribution is -2.11. The Morgan fingerprint density at radius 3 is 2.57 bits per heavy atom. The average molecular weight is 395 g/mol. The van der Waals surface area contributed by atoms with E-state index in [0.29, 0.717) is 20.9 Å². The molecule has 1 heterocycles. The molecule has 2 N–H and O–H groups in total. The number of benzene rings is 2. The minimum absolute atomic E-state index is 0.302. The normalized spacial score (nSPS) is 12.3. The van der Waals surface area contributed by atoms with E-state index in [0.717, 1.165) is 5.56 Å². The molecule has 0 amide bonds. The molecular formula is C15H11FIN3O.